The highest BCUT2D eigenvalue weighted by atomic mass is 32.2. The van der Waals surface area contributed by atoms with Crippen molar-refractivity contribution in [1.29, 1.82) is 0 Å². The number of hydrogen-bond acceptors (Lipinski definition) is 7. The Morgan fingerprint density at radius 1 is 1.40 bits per heavy atom. The summed E-state index contributed by atoms with van der Waals surface area (Å²) in [5.74, 6) is -0.202. The smallest absolute Gasteiger partial charge is 0.311 e. The minimum absolute atomic E-state index is 0.0646. The van der Waals surface area contributed by atoms with E-state index in [4.69, 9.17) is 4.42 Å². The first kappa shape index (κ1) is 18.0. The molecule has 0 unspecified atom stereocenters. The fraction of sp³-hybridized carbons (Fsp3) is 0.533. The molecule has 3 rings (SSSR count). The second kappa shape index (κ2) is 7.22. The van der Waals surface area contributed by atoms with Gasteiger partial charge in [-0.1, -0.05) is 6.92 Å². The number of likely N-dealkylation sites (tertiary alicyclic amines) is 1. The predicted octanol–water partition coefficient (Wildman–Crippen LogP) is 2.11. The molecule has 2 aromatic rings. The molecule has 0 radical (unpaired) electrons. The molecular formula is C15H20N4O4S2. The summed E-state index contributed by atoms with van der Waals surface area (Å²) in [6, 6.07) is 1.33. The molecule has 1 aliphatic heterocycles. The highest BCUT2D eigenvalue weighted by Gasteiger charge is 2.26. The van der Waals surface area contributed by atoms with E-state index in [9.17, 15) is 13.2 Å². The Morgan fingerprint density at radius 3 is 2.80 bits per heavy atom. The van der Waals surface area contributed by atoms with Crippen LogP contribution in [0.4, 0.5) is 0 Å². The maximum Gasteiger partial charge on any atom is 0.311 e. The fourth-order valence-electron chi connectivity index (χ4n) is 2.46. The monoisotopic (exact) mass is 384 g/mol. The molecular weight excluding hydrogens is 364 g/mol. The summed E-state index contributed by atoms with van der Waals surface area (Å²) in [7, 11) is -3.58. The summed E-state index contributed by atoms with van der Waals surface area (Å²) in [6.07, 6.45) is 2.65. The lowest BCUT2D eigenvalue weighted by Crippen LogP contribution is -2.31. The van der Waals surface area contributed by atoms with E-state index in [2.05, 4.69) is 14.9 Å². The SMILES string of the molecule is CC[C@H](C)NS(=O)(=O)c1cc(-c2nnc(C(=O)N3CCCC3)o2)cs1. The molecule has 2 aromatic heterocycles. The largest absolute Gasteiger partial charge is 0.412 e. The summed E-state index contributed by atoms with van der Waals surface area (Å²) >= 11 is 1.07. The molecule has 10 heteroatoms. The van der Waals surface area contributed by atoms with Gasteiger partial charge in [0.1, 0.15) is 4.21 Å². The van der Waals surface area contributed by atoms with E-state index >= 15 is 0 Å². The number of carbonyl (C=O) groups is 1. The van der Waals surface area contributed by atoms with Gasteiger partial charge in [-0.25, -0.2) is 13.1 Å². The minimum atomic E-state index is -3.58. The summed E-state index contributed by atoms with van der Waals surface area (Å²) in [5.41, 5.74) is 0.488. The summed E-state index contributed by atoms with van der Waals surface area (Å²) in [4.78, 5) is 13.9. The average Bonchev–Trinajstić information content (AvgIpc) is 3.33. The first-order valence-corrected chi connectivity index (χ1v) is 10.5. The van der Waals surface area contributed by atoms with Gasteiger partial charge in [-0.2, -0.15) is 0 Å². The zero-order valence-corrected chi connectivity index (χ0v) is 15.7. The van der Waals surface area contributed by atoms with Crippen molar-refractivity contribution in [1.82, 2.24) is 19.8 Å². The van der Waals surface area contributed by atoms with Crippen LogP contribution >= 0.6 is 11.3 Å². The van der Waals surface area contributed by atoms with Crippen LogP contribution in [0.2, 0.25) is 0 Å². The number of nitrogens with zero attached hydrogens (tertiary/aromatic N) is 3. The Labute approximate surface area is 150 Å². The van der Waals surface area contributed by atoms with Gasteiger partial charge in [0.05, 0.1) is 5.56 Å². The van der Waals surface area contributed by atoms with Crippen molar-refractivity contribution < 1.29 is 17.6 Å². The van der Waals surface area contributed by atoms with Crippen LogP contribution in [0, 0.1) is 0 Å². The number of aromatic nitrogens is 2. The van der Waals surface area contributed by atoms with E-state index in [0.29, 0.717) is 25.1 Å². The molecule has 8 nitrogen and oxygen atoms in total. The quantitative estimate of drug-likeness (QED) is 0.818. The van der Waals surface area contributed by atoms with Crippen LogP contribution in [-0.2, 0) is 10.0 Å². The van der Waals surface area contributed by atoms with Crippen LogP contribution < -0.4 is 4.72 Å². The van der Waals surface area contributed by atoms with Gasteiger partial charge >= 0.3 is 11.8 Å². The first-order chi connectivity index (χ1) is 11.9. The number of thiophene rings is 1. The minimum Gasteiger partial charge on any atom is -0.412 e. The molecule has 136 valence electrons. The van der Waals surface area contributed by atoms with E-state index in [-0.39, 0.29) is 27.9 Å². The third-order valence-corrected chi connectivity index (χ3v) is 7.09. The zero-order valence-electron chi connectivity index (χ0n) is 14.1. The lowest BCUT2D eigenvalue weighted by atomic mass is 10.3. The third-order valence-electron chi connectivity index (χ3n) is 4.06. The van der Waals surface area contributed by atoms with E-state index in [1.54, 1.807) is 17.2 Å². The average molecular weight is 384 g/mol. The molecule has 25 heavy (non-hydrogen) atoms. The number of carbonyl (C=O) groups excluding carboxylic acids is 1. The Morgan fingerprint density at radius 2 is 2.12 bits per heavy atom. The highest BCUT2D eigenvalue weighted by Crippen LogP contribution is 2.28. The highest BCUT2D eigenvalue weighted by molar-refractivity contribution is 7.91. The van der Waals surface area contributed by atoms with Crippen LogP contribution in [0.3, 0.4) is 0 Å². The topological polar surface area (TPSA) is 105 Å². The Bertz CT molecular complexity index is 853. The second-order valence-electron chi connectivity index (χ2n) is 6.00. The van der Waals surface area contributed by atoms with Gasteiger partial charge in [-0.05, 0) is 32.3 Å². The summed E-state index contributed by atoms with van der Waals surface area (Å²) < 4.78 is 32.8. The molecule has 1 fully saturated rings. The van der Waals surface area contributed by atoms with E-state index < -0.39 is 10.0 Å². The van der Waals surface area contributed by atoms with Crippen LogP contribution in [0.5, 0.6) is 0 Å². The maximum absolute atomic E-state index is 12.3. The normalized spacial score (nSPS) is 16.3. The van der Waals surface area contributed by atoms with Crippen LogP contribution in [-0.4, -0.2) is 48.6 Å². The Hall–Kier alpha value is -1.78. The maximum atomic E-state index is 12.3. The lowest BCUT2D eigenvalue weighted by Gasteiger charge is -2.11. The molecule has 1 aliphatic rings. The van der Waals surface area contributed by atoms with Gasteiger partial charge in [0.2, 0.25) is 15.9 Å². The molecule has 0 saturated carbocycles. The van der Waals surface area contributed by atoms with Gasteiger partial charge in [-0.15, -0.1) is 21.5 Å². The standard InChI is InChI=1S/C15H20N4O4S2/c1-3-10(2)18-25(21,22)12-8-11(9-24-12)13-16-17-14(23-13)15(20)19-6-4-5-7-19/h8-10,18H,3-7H2,1-2H3/t10-/m0/s1. The predicted molar refractivity (Wildman–Crippen MR) is 92.8 cm³/mol. The van der Waals surface area contributed by atoms with Crippen LogP contribution in [0.25, 0.3) is 11.5 Å². The third kappa shape index (κ3) is 3.91. The molecule has 0 aliphatic carbocycles. The van der Waals surface area contributed by atoms with Crippen LogP contribution in [0.15, 0.2) is 20.1 Å². The van der Waals surface area contributed by atoms with Crippen molar-refractivity contribution >= 4 is 27.3 Å². The Kier molecular flexibility index (Phi) is 5.21. The molecule has 0 spiro atoms. The van der Waals surface area contributed by atoms with E-state index in [1.165, 1.54) is 6.07 Å². The Balaban J connectivity index is 1.78. The van der Waals surface area contributed by atoms with Gasteiger partial charge < -0.3 is 9.32 Å². The fourth-order valence-corrected chi connectivity index (χ4v) is 4.95. The van der Waals surface area contributed by atoms with E-state index in [0.717, 1.165) is 24.2 Å². The number of rotatable bonds is 6. The van der Waals surface area contributed by atoms with Crippen molar-refractivity contribution in [2.24, 2.45) is 0 Å². The number of hydrogen-bond donors (Lipinski definition) is 1. The van der Waals surface area contributed by atoms with Crippen molar-refractivity contribution in [2.75, 3.05) is 13.1 Å². The van der Waals surface area contributed by atoms with Crippen molar-refractivity contribution in [3.8, 4) is 11.5 Å². The van der Waals surface area contributed by atoms with Crippen molar-refractivity contribution in [3.05, 3.63) is 17.3 Å². The lowest BCUT2D eigenvalue weighted by molar-refractivity contribution is 0.0754. The molecule has 1 amide bonds. The number of amides is 1. The van der Waals surface area contributed by atoms with Gasteiger partial charge in [-0.3, -0.25) is 4.79 Å². The number of sulfonamides is 1. The van der Waals surface area contributed by atoms with Crippen LogP contribution in [0.1, 0.15) is 43.8 Å². The van der Waals surface area contributed by atoms with Crippen molar-refractivity contribution in [2.45, 2.75) is 43.4 Å². The van der Waals surface area contributed by atoms with Gasteiger partial charge in [0, 0.05) is 24.5 Å². The van der Waals surface area contributed by atoms with E-state index in [1.807, 2.05) is 6.92 Å². The molecule has 0 bridgehead atoms. The van der Waals surface area contributed by atoms with Gasteiger partial charge in [0.25, 0.3) is 0 Å². The molecule has 3 heterocycles. The zero-order chi connectivity index (χ0) is 18.0. The number of nitrogens with one attached hydrogen (secondary N) is 1. The molecule has 1 atom stereocenters. The molecule has 1 saturated heterocycles. The summed E-state index contributed by atoms with van der Waals surface area (Å²) in [6.45, 7) is 5.10. The molecule has 0 aromatic carbocycles. The summed E-state index contributed by atoms with van der Waals surface area (Å²) in [5, 5.41) is 9.31. The van der Waals surface area contributed by atoms with Crippen molar-refractivity contribution in [3.63, 3.8) is 0 Å². The van der Waals surface area contributed by atoms with Gasteiger partial charge in [0.15, 0.2) is 0 Å². The molecule has 1 N–H and O–H groups in total. The second-order valence-corrected chi connectivity index (χ2v) is 8.85. The first-order valence-electron chi connectivity index (χ1n) is 8.14.